The molecule has 0 aliphatic rings. The quantitative estimate of drug-likeness (QED) is 0.739. The Morgan fingerprint density at radius 3 is 2.42 bits per heavy atom. The minimum Gasteiger partial charge on any atom is -0.324 e. The van der Waals surface area contributed by atoms with Gasteiger partial charge in [0.2, 0.25) is 0 Å². The average Bonchev–Trinajstić information content (AvgIpc) is 2.33. The predicted octanol–water partition coefficient (Wildman–Crippen LogP) is 5.25. The van der Waals surface area contributed by atoms with E-state index < -0.39 is 5.82 Å². The largest absolute Gasteiger partial charge is 0.324 e. The predicted molar refractivity (Wildman–Crippen MR) is 83.9 cm³/mol. The molecule has 2 aromatic rings. The van der Waals surface area contributed by atoms with Crippen molar-refractivity contribution in [1.29, 1.82) is 0 Å². The van der Waals surface area contributed by atoms with Crippen LogP contribution in [0.25, 0.3) is 0 Å². The van der Waals surface area contributed by atoms with Crippen LogP contribution in [0.3, 0.4) is 0 Å². The van der Waals surface area contributed by atoms with Crippen LogP contribution in [-0.4, -0.2) is 0 Å². The number of benzene rings is 2. The zero-order chi connectivity index (χ0) is 14.0. The first-order valence-corrected chi connectivity index (χ1v) is 7.58. The van der Waals surface area contributed by atoms with Crippen molar-refractivity contribution in [2.75, 3.05) is 0 Å². The van der Waals surface area contributed by atoms with E-state index in [0.717, 1.165) is 14.5 Å². The van der Waals surface area contributed by atoms with Crippen molar-refractivity contribution in [2.24, 2.45) is 5.73 Å². The molecule has 0 saturated heterocycles. The van der Waals surface area contributed by atoms with Gasteiger partial charge in [-0.25, -0.2) is 4.39 Å². The second-order valence-electron chi connectivity index (χ2n) is 4.23. The van der Waals surface area contributed by atoms with Gasteiger partial charge in [0.05, 0.1) is 5.02 Å². The lowest BCUT2D eigenvalue weighted by Gasteiger charge is -2.14. The van der Waals surface area contributed by atoms with E-state index in [9.17, 15) is 4.39 Å². The fourth-order valence-electron chi connectivity index (χ4n) is 1.85. The Kier molecular flexibility index (Phi) is 5.01. The molecule has 2 rings (SSSR count). The minimum absolute atomic E-state index is 0.145. The van der Waals surface area contributed by atoms with Crippen LogP contribution >= 0.6 is 43.5 Å². The molecule has 0 radical (unpaired) electrons. The summed E-state index contributed by atoms with van der Waals surface area (Å²) < 4.78 is 15.3. The molecule has 0 aliphatic carbocycles. The van der Waals surface area contributed by atoms with Gasteiger partial charge < -0.3 is 5.73 Å². The lowest BCUT2D eigenvalue weighted by molar-refractivity contribution is 0.622. The first-order valence-electron chi connectivity index (χ1n) is 5.62. The third-order valence-electron chi connectivity index (χ3n) is 2.78. The van der Waals surface area contributed by atoms with Crippen molar-refractivity contribution in [3.8, 4) is 0 Å². The molecule has 0 spiro atoms. The fraction of sp³-hybridized carbons (Fsp3) is 0.143. The number of halogens is 4. The van der Waals surface area contributed by atoms with Crippen LogP contribution < -0.4 is 5.73 Å². The number of hydrogen-bond acceptors (Lipinski definition) is 1. The lowest BCUT2D eigenvalue weighted by Crippen LogP contribution is -2.14. The van der Waals surface area contributed by atoms with Gasteiger partial charge in [0.1, 0.15) is 5.82 Å². The number of hydrogen-bond donors (Lipinski definition) is 1. The Labute approximate surface area is 133 Å². The summed E-state index contributed by atoms with van der Waals surface area (Å²) in [6, 6.07) is 10.4. The fourth-order valence-corrected chi connectivity index (χ4v) is 3.38. The molecule has 0 aromatic heterocycles. The molecule has 1 unspecified atom stereocenters. The molecule has 0 amide bonds. The second kappa shape index (κ2) is 6.35. The van der Waals surface area contributed by atoms with E-state index in [-0.39, 0.29) is 11.1 Å². The van der Waals surface area contributed by atoms with E-state index in [4.69, 9.17) is 17.3 Å². The van der Waals surface area contributed by atoms with Gasteiger partial charge in [0, 0.05) is 15.0 Å². The van der Waals surface area contributed by atoms with Gasteiger partial charge in [-0.15, -0.1) is 0 Å². The number of rotatable bonds is 3. The van der Waals surface area contributed by atoms with E-state index in [1.165, 1.54) is 6.07 Å². The summed E-state index contributed by atoms with van der Waals surface area (Å²) in [5, 5.41) is 0.145. The molecule has 0 heterocycles. The maximum atomic E-state index is 13.4. The van der Waals surface area contributed by atoms with Crippen molar-refractivity contribution in [3.63, 3.8) is 0 Å². The third-order valence-corrected chi connectivity index (χ3v) is 4.12. The molecule has 1 atom stereocenters. The monoisotopic (exact) mass is 405 g/mol. The summed E-state index contributed by atoms with van der Waals surface area (Å²) in [4.78, 5) is 0. The van der Waals surface area contributed by atoms with Crippen LogP contribution in [0, 0.1) is 5.82 Å². The Balaban J connectivity index is 2.25. The van der Waals surface area contributed by atoms with Gasteiger partial charge >= 0.3 is 0 Å². The highest BCUT2D eigenvalue weighted by Gasteiger charge is 2.12. The zero-order valence-corrected chi connectivity index (χ0v) is 13.8. The van der Waals surface area contributed by atoms with Crippen LogP contribution in [0.4, 0.5) is 4.39 Å². The Morgan fingerprint density at radius 2 is 1.79 bits per heavy atom. The van der Waals surface area contributed by atoms with Gasteiger partial charge in [0.15, 0.2) is 0 Å². The standard InChI is InChI=1S/C14H11Br2ClFN/c15-10-4-9(5-11(16)7-10)13(19)6-8-2-1-3-12(18)14(8)17/h1-5,7,13H,6,19H2. The second-order valence-corrected chi connectivity index (χ2v) is 6.44. The molecule has 0 saturated carbocycles. The topological polar surface area (TPSA) is 26.0 Å². The highest BCUT2D eigenvalue weighted by atomic mass is 79.9. The summed E-state index contributed by atoms with van der Waals surface area (Å²) in [7, 11) is 0. The van der Waals surface area contributed by atoms with Gasteiger partial charge in [-0.2, -0.15) is 0 Å². The molecule has 19 heavy (non-hydrogen) atoms. The first kappa shape index (κ1) is 15.0. The average molecular weight is 408 g/mol. The molecule has 2 aromatic carbocycles. The molecule has 5 heteroatoms. The van der Waals surface area contributed by atoms with Crippen molar-refractivity contribution in [3.05, 3.63) is 67.3 Å². The molecule has 1 nitrogen and oxygen atoms in total. The summed E-state index contributed by atoms with van der Waals surface area (Å²) in [5.74, 6) is -0.415. The zero-order valence-electron chi connectivity index (χ0n) is 9.84. The molecular weight excluding hydrogens is 396 g/mol. The van der Waals surface area contributed by atoms with Crippen molar-refractivity contribution in [1.82, 2.24) is 0 Å². The Bertz CT molecular complexity index is 584. The summed E-state index contributed by atoms with van der Waals surface area (Å²) in [5.41, 5.74) is 7.83. The Hall–Kier alpha value is -0.420. The summed E-state index contributed by atoms with van der Waals surface area (Å²) in [6.07, 6.45) is 0.486. The van der Waals surface area contributed by atoms with Gasteiger partial charge in [-0.1, -0.05) is 55.6 Å². The first-order chi connectivity index (χ1) is 8.97. The van der Waals surface area contributed by atoms with E-state index in [0.29, 0.717) is 12.0 Å². The minimum atomic E-state index is -0.415. The SMILES string of the molecule is NC(Cc1cccc(F)c1Cl)c1cc(Br)cc(Br)c1. The van der Waals surface area contributed by atoms with Crippen molar-refractivity contribution < 1.29 is 4.39 Å². The van der Waals surface area contributed by atoms with E-state index >= 15 is 0 Å². The third kappa shape index (κ3) is 3.78. The molecule has 0 bridgehead atoms. The molecule has 2 N–H and O–H groups in total. The Morgan fingerprint density at radius 1 is 1.16 bits per heavy atom. The van der Waals surface area contributed by atoms with E-state index in [2.05, 4.69) is 31.9 Å². The van der Waals surface area contributed by atoms with Crippen LogP contribution in [-0.2, 0) is 6.42 Å². The van der Waals surface area contributed by atoms with Crippen molar-refractivity contribution >= 4 is 43.5 Å². The maximum absolute atomic E-state index is 13.4. The van der Waals surface area contributed by atoms with Gasteiger partial charge in [-0.05, 0) is 41.8 Å². The smallest absolute Gasteiger partial charge is 0.142 e. The van der Waals surface area contributed by atoms with Gasteiger partial charge in [0.25, 0.3) is 0 Å². The van der Waals surface area contributed by atoms with E-state index in [1.54, 1.807) is 12.1 Å². The van der Waals surface area contributed by atoms with Crippen LogP contribution in [0.2, 0.25) is 5.02 Å². The maximum Gasteiger partial charge on any atom is 0.142 e. The normalized spacial score (nSPS) is 12.5. The van der Waals surface area contributed by atoms with Crippen LogP contribution in [0.5, 0.6) is 0 Å². The van der Waals surface area contributed by atoms with E-state index in [1.807, 2.05) is 18.2 Å². The molecule has 0 fully saturated rings. The number of nitrogens with two attached hydrogens (primary N) is 1. The molecular formula is C14H11Br2ClFN. The highest BCUT2D eigenvalue weighted by Crippen LogP contribution is 2.27. The van der Waals surface area contributed by atoms with Crippen LogP contribution in [0.1, 0.15) is 17.2 Å². The lowest BCUT2D eigenvalue weighted by atomic mass is 10.00. The summed E-state index contributed by atoms with van der Waals surface area (Å²) >= 11 is 12.8. The van der Waals surface area contributed by atoms with Gasteiger partial charge in [-0.3, -0.25) is 0 Å². The molecule has 0 aliphatic heterocycles. The highest BCUT2D eigenvalue weighted by molar-refractivity contribution is 9.11. The van der Waals surface area contributed by atoms with Crippen molar-refractivity contribution in [2.45, 2.75) is 12.5 Å². The molecule has 100 valence electrons. The van der Waals surface area contributed by atoms with Crippen LogP contribution in [0.15, 0.2) is 45.3 Å². The summed E-state index contributed by atoms with van der Waals surface area (Å²) in [6.45, 7) is 0.